The molecule has 2 aromatic heterocycles. The van der Waals surface area contributed by atoms with E-state index in [-0.39, 0.29) is 23.8 Å². The quantitative estimate of drug-likeness (QED) is 0.887. The standard InChI is InChI=1S/C19H27N5O2/c1-5-24-16(25)7-6-14(18(24)15-11-21-23(4)12-15)10-20-19(26)17-13(2)8-9-22(17)3/h8-9,11-12,14,18H,5-7,10H2,1-4H3,(H,20,26)/t14-,18+/m1/s1. The third kappa shape index (κ3) is 3.38. The van der Waals surface area contributed by atoms with Gasteiger partial charge in [-0.05, 0) is 31.9 Å². The lowest BCUT2D eigenvalue weighted by Crippen LogP contribution is -2.46. The third-order valence-electron chi connectivity index (χ3n) is 5.25. The summed E-state index contributed by atoms with van der Waals surface area (Å²) < 4.78 is 3.59. The first kappa shape index (κ1) is 18.2. The fourth-order valence-electron chi connectivity index (χ4n) is 3.95. The third-order valence-corrected chi connectivity index (χ3v) is 5.25. The second-order valence-corrected chi connectivity index (χ2v) is 7.04. The zero-order valence-corrected chi connectivity index (χ0v) is 15.9. The molecule has 1 N–H and O–H groups in total. The van der Waals surface area contributed by atoms with Gasteiger partial charge in [-0.1, -0.05) is 0 Å². The highest BCUT2D eigenvalue weighted by atomic mass is 16.2. The lowest BCUT2D eigenvalue weighted by atomic mass is 9.85. The highest BCUT2D eigenvalue weighted by molar-refractivity contribution is 5.94. The van der Waals surface area contributed by atoms with E-state index in [9.17, 15) is 9.59 Å². The summed E-state index contributed by atoms with van der Waals surface area (Å²) in [5.74, 6) is 0.267. The zero-order chi connectivity index (χ0) is 18.8. The molecule has 2 aromatic rings. The number of aromatic nitrogens is 3. The van der Waals surface area contributed by atoms with Crippen molar-refractivity contribution in [3.63, 3.8) is 0 Å². The number of aryl methyl sites for hydroxylation is 3. The number of piperidine rings is 1. The normalized spacial score (nSPS) is 20.5. The maximum atomic E-state index is 12.6. The van der Waals surface area contributed by atoms with E-state index in [0.717, 1.165) is 17.5 Å². The Balaban J connectivity index is 1.78. The Morgan fingerprint density at radius 1 is 1.38 bits per heavy atom. The van der Waals surface area contributed by atoms with Crippen LogP contribution in [0.2, 0.25) is 0 Å². The van der Waals surface area contributed by atoms with Crippen molar-refractivity contribution in [3.8, 4) is 0 Å². The van der Waals surface area contributed by atoms with Gasteiger partial charge >= 0.3 is 0 Å². The molecule has 1 fully saturated rings. The summed E-state index contributed by atoms with van der Waals surface area (Å²) in [6.45, 7) is 5.12. The van der Waals surface area contributed by atoms with Crippen LogP contribution in [0.5, 0.6) is 0 Å². The number of rotatable bonds is 5. The average molecular weight is 357 g/mol. The van der Waals surface area contributed by atoms with Crippen molar-refractivity contribution < 1.29 is 9.59 Å². The lowest BCUT2D eigenvalue weighted by molar-refractivity contribution is -0.138. The van der Waals surface area contributed by atoms with Crippen LogP contribution in [-0.2, 0) is 18.9 Å². The molecule has 1 aliphatic rings. The SMILES string of the molecule is CCN1C(=O)CC[C@H](CNC(=O)c2c(C)ccn2C)[C@H]1c1cnn(C)c1. The summed E-state index contributed by atoms with van der Waals surface area (Å²) in [4.78, 5) is 26.9. The Morgan fingerprint density at radius 3 is 2.73 bits per heavy atom. The maximum Gasteiger partial charge on any atom is 0.268 e. The molecule has 0 bridgehead atoms. The number of nitrogens with zero attached hydrogens (tertiary/aromatic N) is 4. The summed E-state index contributed by atoms with van der Waals surface area (Å²) in [7, 11) is 3.75. The van der Waals surface area contributed by atoms with Crippen molar-refractivity contribution in [1.82, 2.24) is 24.6 Å². The van der Waals surface area contributed by atoms with Gasteiger partial charge in [0.1, 0.15) is 5.69 Å². The molecule has 0 unspecified atom stereocenters. The van der Waals surface area contributed by atoms with Crippen molar-refractivity contribution in [2.45, 2.75) is 32.7 Å². The van der Waals surface area contributed by atoms with Crippen LogP contribution < -0.4 is 5.32 Å². The Bertz CT molecular complexity index is 787. The first-order valence-electron chi connectivity index (χ1n) is 9.10. The molecule has 2 amide bonds. The Kier molecular flexibility index (Phi) is 5.15. The van der Waals surface area contributed by atoms with Crippen molar-refractivity contribution >= 4 is 11.8 Å². The minimum Gasteiger partial charge on any atom is -0.350 e. The molecule has 1 saturated heterocycles. The molecular formula is C19H27N5O2. The smallest absolute Gasteiger partial charge is 0.268 e. The van der Waals surface area contributed by atoms with Crippen molar-refractivity contribution in [1.29, 1.82) is 0 Å². The fourth-order valence-corrected chi connectivity index (χ4v) is 3.95. The Labute approximate surface area is 154 Å². The van der Waals surface area contributed by atoms with Gasteiger partial charge in [0, 0.05) is 57.5 Å². The molecule has 0 aromatic carbocycles. The van der Waals surface area contributed by atoms with Crippen molar-refractivity contribution in [2.24, 2.45) is 20.0 Å². The molecule has 2 atom stereocenters. The van der Waals surface area contributed by atoms with Gasteiger partial charge in [-0.3, -0.25) is 14.3 Å². The highest BCUT2D eigenvalue weighted by Crippen LogP contribution is 2.36. The lowest BCUT2D eigenvalue weighted by Gasteiger charge is -2.40. The molecule has 7 heteroatoms. The summed E-state index contributed by atoms with van der Waals surface area (Å²) in [6, 6.07) is 1.88. The summed E-state index contributed by atoms with van der Waals surface area (Å²) >= 11 is 0. The van der Waals surface area contributed by atoms with Crippen molar-refractivity contribution in [3.05, 3.63) is 41.5 Å². The largest absolute Gasteiger partial charge is 0.350 e. The highest BCUT2D eigenvalue weighted by Gasteiger charge is 2.36. The summed E-state index contributed by atoms with van der Waals surface area (Å²) in [5, 5.41) is 7.34. The van der Waals surface area contributed by atoms with Gasteiger partial charge in [0.25, 0.3) is 5.91 Å². The van der Waals surface area contributed by atoms with E-state index in [2.05, 4.69) is 10.4 Å². The second kappa shape index (κ2) is 7.35. The van der Waals surface area contributed by atoms with E-state index in [1.54, 1.807) is 4.68 Å². The van der Waals surface area contributed by atoms with E-state index >= 15 is 0 Å². The number of hydrogen-bond donors (Lipinski definition) is 1. The minimum atomic E-state index is -0.0696. The zero-order valence-electron chi connectivity index (χ0n) is 15.9. The fraction of sp³-hybridized carbons (Fsp3) is 0.526. The van der Waals surface area contributed by atoms with Gasteiger partial charge in [0.05, 0.1) is 12.2 Å². The summed E-state index contributed by atoms with van der Waals surface area (Å²) in [6.07, 6.45) is 6.96. The average Bonchev–Trinajstić information content (AvgIpc) is 3.18. The van der Waals surface area contributed by atoms with Gasteiger partial charge < -0.3 is 14.8 Å². The van der Waals surface area contributed by atoms with Crippen LogP contribution in [0.3, 0.4) is 0 Å². The molecule has 7 nitrogen and oxygen atoms in total. The molecule has 26 heavy (non-hydrogen) atoms. The first-order valence-corrected chi connectivity index (χ1v) is 9.10. The molecule has 3 rings (SSSR count). The monoisotopic (exact) mass is 357 g/mol. The van der Waals surface area contributed by atoms with Gasteiger partial charge in [0.15, 0.2) is 0 Å². The predicted octanol–water partition coefficient (Wildman–Crippen LogP) is 1.80. The molecule has 0 saturated carbocycles. The number of hydrogen-bond acceptors (Lipinski definition) is 3. The van der Waals surface area contributed by atoms with E-state index in [1.807, 2.05) is 62.1 Å². The van der Waals surface area contributed by atoms with Crippen LogP contribution in [0.4, 0.5) is 0 Å². The number of carbonyl (C=O) groups is 2. The van der Waals surface area contributed by atoms with Crippen LogP contribution in [0.1, 0.15) is 47.4 Å². The van der Waals surface area contributed by atoms with Gasteiger partial charge in [-0.15, -0.1) is 0 Å². The molecule has 0 aliphatic carbocycles. The Morgan fingerprint density at radius 2 is 2.15 bits per heavy atom. The first-order chi connectivity index (χ1) is 12.4. The molecule has 0 spiro atoms. The molecule has 0 radical (unpaired) electrons. The van der Waals surface area contributed by atoms with Crippen molar-refractivity contribution in [2.75, 3.05) is 13.1 Å². The minimum absolute atomic E-state index is 0.0511. The number of amides is 2. The van der Waals surface area contributed by atoms with E-state index < -0.39 is 0 Å². The second-order valence-electron chi connectivity index (χ2n) is 7.04. The topological polar surface area (TPSA) is 72.2 Å². The summed E-state index contributed by atoms with van der Waals surface area (Å²) in [5.41, 5.74) is 2.67. The maximum absolute atomic E-state index is 12.6. The van der Waals surface area contributed by atoms with Gasteiger partial charge in [-0.25, -0.2) is 0 Å². The molecule has 140 valence electrons. The van der Waals surface area contributed by atoms with Crippen LogP contribution in [0, 0.1) is 12.8 Å². The van der Waals surface area contributed by atoms with Crippen LogP contribution in [0.15, 0.2) is 24.7 Å². The number of nitrogens with one attached hydrogen (secondary N) is 1. The predicted molar refractivity (Wildman–Crippen MR) is 98.5 cm³/mol. The van der Waals surface area contributed by atoms with Crippen LogP contribution in [-0.4, -0.2) is 44.2 Å². The van der Waals surface area contributed by atoms with Gasteiger partial charge in [-0.2, -0.15) is 5.10 Å². The Hall–Kier alpha value is -2.57. The van der Waals surface area contributed by atoms with Crippen LogP contribution >= 0.6 is 0 Å². The molecule has 3 heterocycles. The molecule has 1 aliphatic heterocycles. The number of likely N-dealkylation sites (tertiary alicyclic amines) is 1. The van der Waals surface area contributed by atoms with E-state index in [1.165, 1.54) is 0 Å². The van der Waals surface area contributed by atoms with Crippen LogP contribution in [0.25, 0.3) is 0 Å². The van der Waals surface area contributed by atoms with Gasteiger partial charge in [0.2, 0.25) is 5.91 Å². The van der Waals surface area contributed by atoms with E-state index in [0.29, 0.717) is 25.2 Å². The van der Waals surface area contributed by atoms with E-state index in [4.69, 9.17) is 0 Å². The molecular weight excluding hydrogens is 330 g/mol. The number of carbonyl (C=O) groups excluding carboxylic acids is 2.